The summed E-state index contributed by atoms with van der Waals surface area (Å²) in [5.74, 6) is -0.0606. The Hall–Kier alpha value is -2.86. The van der Waals surface area contributed by atoms with Gasteiger partial charge in [-0.1, -0.05) is 48.3 Å². The van der Waals surface area contributed by atoms with Gasteiger partial charge in [-0.2, -0.15) is 0 Å². The Morgan fingerprint density at radius 2 is 1.71 bits per heavy atom. The second-order valence-corrected chi connectivity index (χ2v) is 9.79. The first-order valence-corrected chi connectivity index (χ1v) is 11.9. The number of rotatable bonds is 4. The van der Waals surface area contributed by atoms with Crippen LogP contribution < -0.4 is 10.2 Å². The number of benzene rings is 3. The van der Waals surface area contributed by atoms with Crippen molar-refractivity contribution in [2.24, 2.45) is 5.92 Å². The normalized spacial score (nSPS) is 17.8. The largest absolute Gasteiger partial charge is 0.322 e. The zero-order valence-electron chi connectivity index (χ0n) is 19.4. The van der Waals surface area contributed by atoms with Crippen LogP contribution in [-0.4, -0.2) is 37.4 Å². The van der Waals surface area contributed by atoms with Crippen LogP contribution in [0.5, 0.6) is 0 Å². The number of carbonyl (C=O) groups is 2. The van der Waals surface area contributed by atoms with Crippen LogP contribution in [0.2, 0.25) is 10.0 Å². The van der Waals surface area contributed by atoms with Gasteiger partial charge in [-0.15, -0.1) is 0 Å². The summed E-state index contributed by atoms with van der Waals surface area (Å²) in [5, 5.41) is 3.56. The monoisotopic (exact) mass is 495 g/mol. The van der Waals surface area contributed by atoms with Gasteiger partial charge in [-0.05, 0) is 80.5 Å². The molecule has 0 fully saturated rings. The van der Waals surface area contributed by atoms with E-state index in [2.05, 4.69) is 37.3 Å². The summed E-state index contributed by atoms with van der Waals surface area (Å²) in [5.41, 5.74) is 3.58. The van der Waals surface area contributed by atoms with E-state index in [4.69, 9.17) is 23.2 Å². The quantitative estimate of drug-likeness (QED) is 0.447. The molecule has 5 nitrogen and oxygen atoms in total. The van der Waals surface area contributed by atoms with Gasteiger partial charge in [0.05, 0.1) is 10.6 Å². The maximum atomic E-state index is 13.6. The van der Waals surface area contributed by atoms with E-state index in [1.807, 2.05) is 23.1 Å². The summed E-state index contributed by atoms with van der Waals surface area (Å²) in [7, 11) is 4.16. The topological polar surface area (TPSA) is 52.6 Å². The lowest BCUT2D eigenvalue weighted by molar-refractivity contribution is 0.0982. The molecular weight excluding hydrogens is 469 g/mol. The van der Waals surface area contributed by atoms with E-state index in [1.165, 1.54) is 6.07 Å². The number of nitrogens with one attached hydrogen (secondary N) is 1. The highest BCUT2D eigenvalue weighted by atomic mass is 35.5. The van der Waals surface area contributed by atoms with Crippen molar-refractivity contribution in [2.45, 2.75) is 19.4 Å². The van der Waals surface area contributed by atoms with Crippen LogP contribution in [0.25, 0.3) is 0 Å². The summed E-state index contributed by atoms with van der Waals surface area (Å²) in [6.45, 7) is 2.83. The molecule has 4 rings (SSSR count). The number of anilines is 2. The minimum atomic E-state index is -0.342. The first-order chi connectivity index (χ1) is 16.2. The van der Waals surface area contributed by atoms with E-state index in [0.29, 0.717) is 34.3 Å². The molecule has 1 heterocycles. The van der Waals surface area contributed by atoms with Crippen LogP contribution in [-0.2, 0) is 0 Å². The number of fused-ring (bicyclic) bond motifs is 1. The zero-order valence-corrected chi connectivity index (χ0v) is 20.9. The minimum absolute atomic E-state index is 0.0580. The van der Waals surface area contributed by atoms with Crippen molar-refractivity contribution in [3.63, 3.8) is 0 Å². The standard InChI is InChI=1S/C27H27Cl2N3O2/c1-17-14-25(31(2)3)22-6-4-5-7-24(22)32(16-17)27(34)18-8-11-20(12-9-18)30-26(33)21-13-10-19(28)15-23(21)29/h4-13,15,17,25H,14,16H2,1-3H3,(H,30,33). The molecule has 7 heteroatoms. The van der Waals surface area contributed by atoms with Crippen molar-refractivity contribution in [3.8, 4) is 0 Å². The van der Waals surface area contributed by atoms with Crippen LogP contribution in [0, 0.1) is 5.92 Å². The van der Waals surface area contributed by atoms with Crippen LogP contribution in [0.1, 0.15) is 45.7 Å². The molecule has 1 N–H and O–H groups in total. The van der Waals surface area contributed by atoms with Crippen LogP contribution in [0.4, 0.5) is 11.4 Å². The van der Waals surface area contributed by atoms with Crippen molar-refractivity contribution in [2.75, 3.05) is 30.9 Å². The lowest BCUT2D eigenvalue weighted by Crippen LogP contribution is -2.34. The second-order valence-electron chi connectivity index (χ2n) is 8.95. The zero-order chi connectivity index (χ0) is 24.4. The Kier molecular flexibility index (Phi) is 7.27. The molecule has 1 aliphatic rings. The maximum absolute atomic E-state index is 13.6. The van der Waals surface area contributed by atoms with Gasteiger partial charge < -0.3 is 15.1 Å². The highest BCUT2D eigenvalue weighted by Gasteiger charge is 2.31. The number of amides is 2. The second kappa shape index (κ2) is 10.2. The fraction of sp³-hybridized carbons (Fsp3) is 0.259. The summed E-state index contributed by atoms with van der Waals surface area (Å²) >= 11 is 12.1. The lowest BCUT2D eigenvalue weighted by atomic mass is 9.96. The molecule has 3 aromatic carbocycles. The summed E-state index contributed by atoms with van der Waals surface area (Å²) < 4.78 is 0. The third-order valence-electron chi connectivity index (χ3n) is 6.14. The third-order valence-corrected chi connectivity index (χ3v) is 6.69. The Bertz CT molecular complexity index is 1210. The summed E-state index contributed by atoms with van der Waals surface area (Å²) in [6, 6.07) is 20.0. The number of para-hydroxylation sites is 1. The van der Waals surface area contributed by atoms with Gasteiger partial charge in [-0.25, -0.2) is 0 Å². The molecule has 0 spiro atoms. The lowest BCUT2D eigenvalue weighted by Gasteiger charge is -2.27. The van der Waals surface area contributed by atoms with Gasteiger partial charge in [-0.3, -0.25) is 9.59 Å². The fourth-order valence-corrected chi connectivity index (χ4v) is 4.91. The molecule has 0 saturated heterocycles. The Morgan fingerprint density at radius 1 is 1.00 bits per heavy atom. The molecule has 0 bridgehead atoms. The number of hydrogen-bond acceptors (Lipinski definition) is 3. The number of hydrogen-bond donors (Lipinski definition) is 1. The SMILES string of the molecule is CC1CC(N(C)C)c2ccccc2N(C(=O)c2ccc(NC(=O)c3ccc(Cl)cc3Cl)cc2)C1. The Balaban J connectivity index is 1.56. The molecular formula is C27H27Cl2N3O2. The summed E-state index contributed by atoms with van der Waals surface area (Å²) in [6.07, 6.45) is 0.978. The molecule has 2 amide bonds. The van der Waals surface area contributed by atoms with Crippen molar-refractivity contribution in [3.05, 3.63) is 93.5 Å². The number of nitrogens with zero attached hydrogens (tertiary/aromatic N) is 2. The van der Waals surface area contributed by atoms with Gasteiger partial charge in [0.25, 0.3) is 11.8 Å². The Labute approximate surface area is 210 Å². The molecule has 0 radical (unpaired) electrons. The molecule has 3 aromatic rings. The molecule has 2 unspecified atom stereocenters. The summed E-state index contributed by atoms with van der Waals surface area (Å²) in [4.78, 5) is 30.3. The van der Waals surface area contributed by atoms with E-state index >= 15 is 0 Å². The van der Waals surface area contributed by atoms with Gasteiger partial charge in [0.2, 0.25) is 0 Å². The molecule has 176 valence electrons. The predicted octanol–water partition coefficient (Wildman–Crippen LogP) is 6.54. The molecule has 0 aromatic heterocycles. The minimum Gasteiger partial charge on any atom is -0.322 e. The van der Waals surface area contributed by atoms with Crippen molar-refractivity contribution in [1.29, 1.82) is 0 Å². The molecule has 34 heavy (non-hydrogen) atoms. The first-order valence-electron chi connectivity index (χ1n) is 11.2. The van der Waals surface area contributed by atoms with E-state index in [9.17, 15) is 9.59 Å². The van der Waals surface area contributed by atoms with Crippen molar-refractivity contribution < 1.29 is 9.59 Å². The Morgan fingerprint density at radius 3 is 2.38 bits per heavy atom. The average molecular weight is 496 g/mol. The smallest absolute Gasteiger partial charge is 0.258 e. The van der Waals surface area contributed by atoms with Gasteiger partial charge >= 0.3 is 0 Å². The highest BCUT2D eigenvalue weighted by molar-refractivity contribution is 6.37. The van der Waals surface area contributed by atoms with E-state index < -0.39 is 0 Å². The van der Waals surface area contributed by atoms with Gasteiger partial charge in [0, 0.05) is 34.5 Å². The molecule has 0 saturated carbocycles. The van der Waals surface area contributed by atoms with E-state index in [1.54, 1.807) is 36.4 Å². The third kappa shape index (κ3) is 5.12. The van der Waals surface area contributed by atoms with Crippen LogP contribution in [0.15, 0.2) is 66.7 Å². The molecule has 1 aliphatic heterocycles. The highest BCUT2D eigenvalue weighted by Crippen LogP contribution is 2.38. The average Bonchev–Trinajstić information content (AvgIpc) is 2.96. The fourth-order valence-electron chi connectivity index (χ4n) is 4.41. The van der Waals surface area contributed by atoms with E-state index in [0.717, 1.165) is 17.7 Å². The van der Waals surface area contributed by atoms with Crippen LogP contribution in [0.3, 0.4) is 0 Å². The van der Waals surface area contributed by atoms with Crippen LogP contribution >= 0.6 is 23.2 Å². The number of halogens is 2. The van der Waals surface area contributed by atoms with Gasteiger partial charge in [0.1, 0.15) is 0 Å². The maximum Gasteiger partial charge on any atom is 0.258 e. The molecule has 2 atom stereocenters. The number of carbonyl (C=O) groups excluding carboxylic acids is 2. The molecule has 0 aliphatic carbocycles. The first kappa shape index (κ1) is 24.3. The van der Waals surface area contributed by atoms with E-state index in [-0.39, 0.29) is 22.9 Å². The van der Waals surface area contributed by atoms with Gasteiger partial charge in [0.15, 0.2) is 0 Å². The predicted molar refractivity (Wildman–Crippen MR) is 139 cm³/mol. The van der Waals surface area contributed by atoms with Crippen molar-refractivity contribution >= 4 is 46.4 Å². The van der Waals surface area contributed by atoms with Crippen molar-refractivity contribution in [1.82, 2.24) is 4.90 Å².